The molecule has 0 aliphatic carbocycles. The quantitative estimate of drug-likeness (QED) is 0.382. The molecular weight excluding hydrogens is 508 g/mol. The highest BCUT2D eigenvalue weighted by molar-refractivity contribution is 7.89. The Kier molecular flexibility index (Phi) is 7.84. The predicted octanol–water partition coefficient (Wildman–Crippen LogP) is 1.63. The summed E-state index contributed by atoms with van der Waals surface area (Å²) >= 11 is 6.01. The Bertz CT molecular complexity index is 1270. The van der Waals surface area contributed by atoms with E-state index in [9.17, 15) is 22.8 Å². The normalized spacial score (nSPS) is 21.4. The number of hydrogen-bond acceptors (Lipinski definition) is 7. The summed E-state index contributed by atoms with van der Waals surface area (Å²) < 4.78 is 27.3. The fourth-order valence-electron chi connectivity index (χ4n) is 4.95. The van der Waals surface area contributed by atoms with E-state index >= 15 is 0 Å². The van der Waals surface area contributed by atoms with Crippen LogP contribution in [0, 0.1) is 5.92 Å². The molecule has 2 saturated heterocycles. The van der Waals surface area contributed by atoms with Crippen molar-refractivity contribution in [3.05, 3.63) is 41.4 Å². The highest BCUT2D eigenvalue weighted by Crippen LogP contribution is 2.29. The number of nitrogens with zero attached hydrogens (tertiary/aromatic N) is 3. The molecule has 0 bridgehead atoms. The van der Waals surface area contributed by atoms with Gasteiger partial charge < -0.3 is 20.0 Å². The first-order valence-corrected chi connectivity index (χ1v) is 13.6. The average molecular weight is 537 g/mol. The van der Waals surface area contributed by atoms with Crippen LogP contribution in [-0.4, -0.2) is 86.3 Å². The Morgan fingerprint density at radius 2 is 1.94 bits per heavy atom. The molecule has 0 radical (unpaired) electrons. The zero-order valence-electron chi connectivity index (χ0n) is 20.1. The largest absolute Gasteiger partial charge is 0.355 e. The molecule has 36 heavy (non-hydrogen) atoms. The molecule has 194 valence electrons. The molecule has 0 aromatic heterocycles. The summed E-state index contributed by atoms with van der Waals surface area (Å²) in [5.41, 5.74) is 0. The third kappa shape index (κ3) is 5.06. The number of nitrogens with one attached hydrogen (secondary N) is 1. The van der Waals surface area contributed by atoms with Crippen LogP contribution in [0.4, 0.5) is 0 Å². The highest BCUT2D eigenvalue weighted by Gasteiger charge is 2.47. The zero-order chi connectivity index (χ0) is 26.0. The molecule has 2 fully saturated rings. The Labute approximate surface area is 215 Å². The SMILES string of the molecule is CNCC1CCN(C(=O)[C@H](C)N2CC[C@H](N(OC=O)S(=O)(=O)c3ccc4cc(Cl)ccc4c3)C2=O)C1. The van der Waals surface area contributed by atoms with Crippen LogP contribution in [0.15, 0.2) is 41.3 Å². The van der Waals surface area contributed by atoms with Gasteiger partial charge in [-0.25, -0.2) is 8.42 Å². The zero-order valence-corrected chi connectivity index (χ0v) is 21.7. The second kappa shape index (κ2) is 10.7. The van der Waals surface area contributed by atoms with Crippen molar-refractivity contribution in [2.75, 3.05) is 33.2 Å². The third-order valence-corrected chi connectivity index (χ3v) is 8.74. The summed E-state index contributed by atoms with van der Waals surface area (Å²) in [5.74, 6) is -0.408. The molecular formula is C24H29ClN4O6S. The number of hydroxylamine groups is 1. The van der Waals surface area contributed by atoms with Crippen LogP contribution in [0.3, 0.4) is 0 Å². The fourth-order valence-corrected chi connectivity index (χ4v) is 6.53. The molecule has 1 unspecified atom stereocenters. The van der Waals surface area contributed by atoms with E-state index in [1.807, 2.05) is 7.05 Å². The van der Waals surface area contributed by atoms with Crippen LogP contribution in [0.5, 0.6) is 0 Å². The fraction of sp³-hybridized carbons (Fsp3) is 0.458. The van der Waals surface area contributed by atoms with Crippen LogP contribution in [0.2, 0.25) is 5.02 Å². The number of carbonyl (C=O) groups excluding carboxylic acids is 3. The number of carbonyl (C=O) groups is 3. The third-order valence-electron chi connectivity index (χ3n) is 6.84. The minimum absolute atomic E-state index is 0.0188. The number of rotatable bonds is 9. The Morgan fingerprint density at radius 3 is 2.67 bits per heavy atom. The van der Waals surface area contributed by atoms with Crippen molar-refractivity contribution >= 4 is 50.7 Å². The van der Waals surface area contributed by atoms with Crippen molar-refractivity contribution in [1.82, 2.24) is 19.6 Å². The van der Waals surface area contributed by atoms with E-state index in [1.54, 1.807) is 36.1 Å². The molecule has 10 nitrogen and oxygen atoms in total. The van der Waals surface area contributed by atoms with E-state index in [2.05, 4.69) is 5.32 Å². The van der Waals surface area contributed by atoms with Gasteiger partial charge in [-0.2, -0.15) is 0 Å². The van der Waals surface area contributed by atoms with Crippen LogP contribution >= 0.6 is 11.6 Å². The maximum atomic E-state index is 13.4. The molecule has 2 aliphatic rings. The van der Waals surface area contributed by atoms with Gasteiger partial charge in [0.2, 0.25) is 11.8 Å². The van der Waals surface area contributed by atoms with Crippen molar-refractivity contribution in [2.45, 2.75) is 36.7 Å². The molecule has 2 heterocycles. The van der Waals surface area contributed by atoms with Gasteiger partial charge in [-0.05, 0) is 78.8 Å². The lowest BCUT2D eigenvalue weighted by molar-refractivity contribution is -0.163. The van der Waals surface area contributed by atoms with E-state index in [0.29, 0.717) is 33.9 Å². The number of hydrogen-bond donors (Lipinski definition) is 1. The Hall–Kier alpha value is -2.73. The molecule has 0 saturated carbocycles. The van der Waals surface area contributed by atoms with Gasteiger partial charge in [0.05, 0.1) is 4.90 Å². The molecule has 0 spiro atoms. The summed E-state index contributed by atoms with van der Waals surface area (Å²) in [6.07, 6.45) is 0.960. The van der Waals surface area contributed by atoms with E-state index in [0.717, 1.165) is 18.4 Å². The number of likely N-dealkylation sites (tertiary alicyclic amines) is 2. The van der Waals surface area contributed by atoms with Gasteiger partial charge in [-0.15, -0.1) is 0 Å². The Balaban J connectivity index is 1.53. The minimum Gasteiger partial charge on any atom is -0.355 e. The summed E-state index contributed by atoms with van der Waals surface area (Å²) in [4.78, 5) is 45.5. The predicted molar refractivity (Wildman–Crippen MR) is 133 cm³/mol. The molecule has 4 rings (SSSR count). The van der Waals surface area contributed by atoms with Crippen molar-refractivity contribution in [3.63, 3.8) is 0 Å². The first-order chi connectivity index (χ1) is 17.2. The first-order valence-electron chi connectivity index (χ1n) is 11.8. The van der Waals surface area contributed by atoms with Gasteiger partial charge in [-0.3, -0.25) is 14.4 Å². The second-order valence-corrected chi connectivity index (χ2v) is 11.3. The van der Waals surface area contributed by atoms with Crippen LogP contribution < -0.4 is 5.32 Å². The topological polar surface area (TPSA) is 116 Å². The summed E-state index contributed by atoms with van der Waals surface area (Å²) in [5, 5.41) is 4.98. The van der Waals surface area contributed by atoms with Gasteiger partial charge in [0.1, 0.15) is 12.1 Å². The smallest absolute Gasteiger partial charge is 0.314 e. The molecule has 2 aliphatic heterocycles. The maximum absolute atomic E-state index is 13.4. The van der Waals surface area contributed by atoms with Crippen LogP contribution in [0.25, 0.3) is 10.8 Å². The van der Waals surface area contributed by atoms with Gasteiger partial charge in [0.25, 0.3) is 10.0 Å². The molecule has 3 atom stereocenters. The second-order valence-electron chi connectivity index (χ2n) is 9.12. The van der Waals surface area contributed by atoms with Crippen LogP contribution in [0.1, 0.15) is 19.8 Å². The average Bonchev–Trinajstić information content (AvgIpc) is 3.48. The van der Waals surface area contributed by atoms with Crippen molar-refractivity contribution in [3.8, 4) is 0 Å². The lowest BCUT2D eigenvalue weighted by atomic mass is 10.1. The van der Waals surface area contributed by atoms with Gasteiger partial charge in [-0.1, -0.05) is 23.7 Å². The van der Waals surface area contributed by atoms with E-state index in [1.165, 1.54) is 17.0 Å². The lowest BCUT2D eigenvalue weighted by Crippen LogP contribution is -2.50. The number of sulfonamides is 1. The molecule has 1 N–H and O–H groups in total. The van der Waals surface area contributed by atoms with Crippen LogP contribution in [-0.2, 0) is 29.2 Å². The van der Waals surface area contributed by atoms with Crippen molar-refractivity contribution in [2.24, 2.45) is 5.92 Å². The summed E-state index contributed by atoms with van der Waals surface area (Å²) in [7, 11) is -2.52. The van der Waals surface area contributed by atoms with Crippen molar-refractivity contribution in [1.29, 1.82) is 0 Å². The van der Waals surface area contributed by atoms with E-state index < -0.39 is 28.0 Å². The molecule has 12 heteroatoms. The monoisotopic (exact) mass is 536 g/mol. The van der Waals surface area contributed by atoms with Gasteiger partial charge >= 0.3 is 6.47 Å². The number of fused-ring (bicyclic) bond motifs is 1. The standard InChI is InChI=1S/C24H29ClN4O6S/c1-16(23(31)27-9-7-17(14-27)13-26-2)28-10-8-22(24(28)32)29(35-15-30)36(33,34)21-6-4-18-11-20(25)5-3-19(18)12-21/h3-6,11-12,15-17,22,26H,7-10,13-14H2,1-2H3/t16-,17?,22-/m0/s1. The molecule has 2 aromatic rings. The van der Waals surface area contributed by atoms with Gasteiger partial charge in [0, 0.05) is 24.7 Å². The number of halogens is 1. The number of benzene rings is 2. The Morgan fingerprint density at radius 1 is 1.22 bits per heavy atom. The highest BCUT2D eigenvalue weighted by atomic mass is 35.5. The number of amides is 2. The summed E-state index contributed by atoms with van der Waals surface area (Å²) in [6.45, 7) is 3.81. The first kappa shape index (κ1) is 26.3. The van der Waals surface area contributed by atoms with Gasteiger partial charge in [0.15, 0.2) is 0 Å². The lowest BCUT2D eigenvalue weighted by Gasteiger charge is -2.29. The minimum atomic E-state index is -4.38. The summed E-state index contributed by atoms with van der Waals surface area (Å²) in [6, 6.07) is 7.37. The van der Waals surface area contributed by atoms with Crippen molar-refractivity contribution < 1.29 is 27.6 Å². The van der Waals surface area contributed by atoms with E-state index in [4.69, 9.17) is 16.4 Å². The maximum Gasteiger partial charge on any atom is 0.314 e. The molecule has 2 amide bonds. The molecule has 2 aromatic carbocycles. The van der Waals surface area contributed by atoms with E-state index in [-0.39, 0.29) is 30.2 Å².